The van der Waals surface area contributed by atoms with E-state index in [1.165, 1.54) is 18.2 Å². The highest BCUT2D eigenvalue weighted by atomic mass is 127. The molecule has 0 aliphatic carbocycles. The van der Waals surface area contributed by atoms with E-state index in [1.807, 2.05) is 6.07 Å². The first-order valence-corrected chi connectivity index (χ1v) is 7.28. The first kappa shape index (κ1) is 16.6. The minimum atomic E-state index is -4.44. The molecule has 1 N–H and O–H groups in total. The largest absolute Gasteiger partial charge is 0.482 e. The van der Waals surface area contributed by atoms with Crippen molar-refractivity contribution in [2.75, 3.05) is 11.9 Å². The van der Waals surface area contributed by atoms with E-state index in [2.05, 4.69) is 27.9 Å². The number of anilines is 1. The SMILES string of the molecule is O=C(Nc1ccccc1OCC(F)(F)F)c1cccc(I)c1. The van der Waals surface area contributed by atoms with Crippen LogP contribution in [-0.2, 0) is 0 Å². The number of ether oxygens (including phenoxy) is 1. The van der Waals surface area contributed by atoms with E-state index >= 15 is 0 Å². The maximum absolute atomic E-state index is 12.2. The van der Waals surface area contributed by atoms with Crippen molar-refractivity contribution in [3.8, 4) is 5.75 Å². The lowest BCUT2D eigenvalue weighted by molar-refractivity contribution is -0.153. The average Bonchev–Trinajstić information content (AvgIpc) is 2.45. The molecule has 2 aromatic carbocycles. The number of para-hydroxylation sites is 2. The third kappa shape index (κ3) is 4.90. The van der Waals surface area contributed by atoms with Crippen molar-refractivity contribution in [1.82, 2.24) is 0 Å². The van der Waals surface area contributed by atoms with Crippen LogP contribution in [0.5, 0.6) is 5.75 Å². The first-order valence-electron chi connectivity index (χ1n) is 6.21. The van der Waals surface area contributed by atoms with Gasteiger partial charge in [0.2, 0.25) is 0 Å². The van der Waals surface area contributed by atoms with Crippen molar-refractivity contribution in [3.63, 3.8) is 0 Å². The Morgan fingerprint density at radius 1 is 1.14 bits per heavy atom. The molecule has 0 saturated heterocycles. The summed E-state index contributed by atoms with van der Waals surface area (Å²) >= 11 is 2.07. The van der Waals surface area contributed by atoms with Gasteiger partial charge in [-0.05, 0) is 52.9 Å². The Balaban J connectivity index is 2.14. The van der Waals surface area contributed by atoms with Crippen LogP contribution in [0.1, 0.15) is 10.4 Å². The van der Waals surface area contributed by atoms with Gasteiger partial charge in [-0.15, -0.1) is 0 Å². The maximum atomic E-state index is 12.2. The lowest BCUT2D eigenvalue weighted by Gasteiger charge is -2.13. The summed E-state index contributed by atoms with van der Waals surface area (Å²) < 4.78 is 42.3. The summed E-state index contributed by atoms with van der Waals surface area (Å²) in [6, 6.07) is 12.8. The van der Waals surface area contributed by atoms with Gasteiger partial charge in [0.1, 0.15) is 5.75 Å². The Morgan fingerprint density at radius 3 is 2.55 bits per heavy atom. The smallest absolute Gasteiger partial charge is 0.422 e. The number of alkyl halides is 3. The molecule has 0 unspecified atom stereocenters. The van der Waals surface area contributed by atoms with E-state index in [-0.39, 0.29) is 11.4 Å². The van der Waals surface area contributed by atoms with E-state index in [0.29, 0.717) is 5.56 Å². The van der Waals surface area contributed by atoms with Crippen molar-refractivity contribution in [2.24, 2.45) is 0 Å². The van der Waals surface area contributed by atoms with Gasteiger partial charge in [0.25, 0.3) is 5.91 Å². The summed E-state index contributed by atoms with van der Waals surface area (Å²) in [5, 5.41) is 2.56. The predicted octanol–water partition coefficient (Wildman–Crippen LogP) is 4.48. The fourth-order valence-electron chi connectivity index (χ4n) is 1.68. The van der Waals surface area contributed by atoms with Gasteiger partial charge < -0.3 is 10.1 Å². The zero-order valence-corrected chi connectivity index (χ0v) is 13.3. The van der Waals surface area contributed by atoms with Gasteiger partial charge in [-0.2, -0.15) is 13.2 Å². The zero-order valence-electron chi connectivity index (χ0n) is 11.2. The first-order chi connectivity index (χ1) is 10.3. The third-order valence-corrected chi connectivity index (χ3v) is 3.28. The molecule has 22 heavy (non-hydrogen) atoms. The van der Waals surface area contributed by atoms with E-state index in [1.54, 1.807) is 24.3 Å². The Bertz CT molecular complexity index is 674. The number of nitrogens with one attached hydrogen (secondary N) is 1. The van der Waals surface area contributed by atoms with Crippen molar-refractivity contribution in [2.45, 2.75) is 6.18 Å². The molecule has 0 spiro atoms. The Labute approximate surface area is 138 Å². The number of rotatable bonds is 4. The van der Waals surface area contributed by atoms with Crippen LogP contribution in [0.25, 0.3) is 0 Å². The lowest BCUT2D eigenvalue weighted by Crippen LogP contribution is -2.20. The van der Waals surface area contributed by atoms with Crippen LogP contribution in [0.3, 0.4) is 0 Å². The van der Waals surface area contributed by atoms with Crippen molar-refractivity contribution in [1.29, 1.82) is 0 Å². The molecule has 0 heterocycles. The second-order valence-electron chi connectivity index (χ2n) is 4.36. The molecule has 0 aliphatic rings. The van der Waals surface area contributed by atoms with Gasteiger partial charge in [0.05, 0.1) is 5.69 Å². The highest BCUT2D eigenvalue weighted by Gasteiger charge is 2.28. The van der Waals surface area contributed by atoms with Gasteiger partial charge in [0.15, 0.2) is 6.61 Å². The van der Waals surface area contributed by atoms with E-state index in [0.717, 1.165) is 3.57 Å². The van der Waals surface area contributed by atoms with Crippen molar-refractivity contribution in [3.05, 3.63) is 57.7 Å². The summed E-state index contributed by atoms with van der Waals surface area (Å²) in [5.41, 5.74) is 0.605. The minimum absolute atomic E-state index is 0.0289. The average molecular weight is 421 g/mol. The number of carbonyl (C=O) groups is 1. The molecule has 0 bridgehead atoms. The van der Waals surface area contributed by atoms with Gasteiger partial charge in [-0.1, -0.05) is 18.2 Å². The quantitative estimate of drug-likeness (QED) is 0.740. The van der Waals surface area contributed by atoms with Crippen LogP contribution in [0.2, 0.25) is 0 Å². The molecule has 7 heteroatoms. The van der Waals surface area contributed by atoms with Crippen LogP contribution in [0.15, 0.2) is 48.5 Å². The topological polar surface area (TPSA) is 38.3 Å². The molecule has 2 aromatic rings. The van der Waals surface area contributed by atoms with Gasteiger partial charge in [0, 0.05) is 9.13 Å². The number of carbonyl (C=O) groups excluding carboxylic acids is 1. The Morgan fingerprint density at radius 2 is 1.86 bits per heavy atom. The highest BCUT2D eigenvalue weighted by molar-refractivity contribution is 14.1. The molecular weight excluding hydrogens is 410 g/mol. The lowest BCUT2D eigenvalue weighted by atomic mass is 10.2. The van der Waals surface area contributed by atoms with E-state index in [9.17, 15) is 18.0 Å². The molecule has 0 aromatic heterocycles. The zero-order chi connectivity index (χ0) is 16.2. The highest BCUT2D eigenvalue weighted by Crippen LogP contribution is 2.26. The molecule has 2 rings (SSSR count). The molecule has 116 valence electrons. The summed E-state index contributed by atoms with van der Waals surface area (Å²) in [7, 11) is 0. The van der Waals surface area contributed by atoms with Crippen molar-refractivity contribution < 1.29 is 22.7 Å². The standard InChI is InChI=1S/C15H11F3INO2/c16-15(17,18)9-22-13-7-2-1-6-12(13)20-14(21)10-4-3-5-11(19)8-10/h1-8H,9H2,(H,20,21). The van der Waals surface area contributed by atoms with Crippen LogP contribution in [0.4, 0.5) is 18.9 Å². The molecule has 0 saturated carbocycles. The summed E-state index contributed by atoms with van der Waals surface area (Å²) in [6.45, 7) is -1.41. The number of hydrogen-bond acceptors (Lipinski definition) is 2. The number of benzene rings is 2. The fraction of sp³-hybridized carbons (Fsp3) is 0.133. The molecule has 0 radical (unpaired) electrons. The monoisotopic (exact) mass is 421 g/mol. The Hall–Kier alpha value is -1.77. The Kier molecular flexibility index (Phi) is 5.28. The van der Waals surface area contributed by atoms with Gasteiger partial charge in [-0.25, -0.2) is 0 Å². The van der Waals surface area contributed by atoms with Gasteiger partial charge >= 0.3 is 6.18 Å². The maximum Gasteiger partial charge on any atom is 0.422 e. The normalized spacial score (nSPS) is 11.1. The minimum Gasteiger partial charge on any atom is -0.482 e. The second-order valence-corrected chi connectivity index (χ2v) is 5.61. The van der Waals surface area contributed by atoms with Gasteiger partial charge in [-0.3, -0.25) is 4.79 Å². The number of amides is 1. The fourth-order valence-corrected chi connectivity index (χ4v) is 2.22. The molecule has 0 aliphatic heterocycles. The molecule has 3 nitrogen and oxygen atoms in total. The molecular formula is C15H11F3INO2. The second kappa shape index (κ2) is 6.99. The molecule has 1 amide bonds. The van der Waals surface area contributed by atoms with Crippen molar-refractivity contribution >= 4 is 34.2 Å². The summed E-state index contributed by atoms with van der Waals surface area (Å²) in [4.78, 5) is 12.1. The van der Waals surface area contributed by atoms with Crippen LogP contribution in [-0.4, -0.2) is 18.7 Å². The number of hydrogen-bond donors (Lipinski definition) is 1. The summed E-state index contributed by atoms with van der Waals surface area (Å²) in [6.07, 6.45) is -4.44. The van der Waals surface area contributed by atoms with Crippen LogP contribution < -0.4 is 10.1 Å². The molecule has 0 atom stereocenters. The molecule has 0 fully saturated rings. The summed E-state index contributed by atoms with van der Waals surface area (Å²) in [5.74, 6) is -0.444. The van der Waals surface area contributed by atoms with E-state index in [4.69, 9.17) is 4.74 Å². The number of halogens is 4. The van der Waals surface area contributed by atoms with Crippen LogP contribution >= 0.6 is 22.6 Å². The van der Waals surface area contributed by atoms with Crippen LogP contribution in [0, 0.1) is 3.57 Å². The third-order valence-electron chi connectivity index (χ3n) is 2.61. The van der Waals surface area contributed by atoms with E-state index < -0.39 is 18.7 Å². The predicted molar refractivity (Wildman–Crippen MR) is 85.1 cm³/mol.